The van der Waals surface area contributed by atoms with Crippen molar-refractivity contribution in [1.82, 2.24) is 0 Å². The summed E-state index contributed by atoms with van der Waals surface area (Å²) in [7, 11) is 0. The first-order chi connectivity index (χ1) is 9.47. The first-order valence-corrected chi connectivity index (χ1v) is 6.74. The highest BCUT2D eigenvalue weighted by Gasteiger charge is 2.18. The van der Waals surface area contributed by atoms with Gasteiger partial charge in [0.15, 0.2) is 0 Å². The van der Waals surface area contributed by atoms with Crippen LogP contribution in [0.3, 0.4) is 0 Å². The first kappa shape index (κ1) is 14.4. The van der Waals surface area contributed by atoms with Crippen molar-refractivity contribution in [3.63, 3.8) is 0 Å². The van der Waals surface area contributed by atoms with Crippen molar-refractivity contribution in [3.8, 4) is 0 Å². The molecule has 0 bridgehead atoms. The van der Waals surface area contributed by atoms with Crippen LogP contribution in [0.5, 0.6) is 0 Å². The van der Waals surface area contributed by atoms with Gasteiger partial charge in [-0.25, -0.2) is 0 Å². The number of hydrogen-bond acceptors (Lipinski definition) is 2. The van der Waals surface area contributed by atoms with Crippen molar-refractivity contribution in [2.45, 2.75) is 19.9 Å². The number of nitrogens with two attached hydrogens (primary N) is 1. The van der Waals surface area contributed by atoms with Crippen LogP contribution < -0.4 is 11.1 Å². The summed E-state index contributed by atoms with van der Waals surface area (Å²) in [6, 6.07) is 12.7. The van der Waals surface area contributed by atoms with E-state index in [4.69, 9.17) is 17.3 Å². The van der Waals surface area contributed by atoms with E-state index < -0.39 is 11.9 Å². The van der Waals surface area contributed by atoms with Gasteiger partial charge in [-0.15, -0.1) is 0 Å². The fourth-order valence-electron chi connectivity index (χ4n) is 1.92. The second kappa shape index (κ2) is 5.97. The minimum Gasteiger partial charge on any atom is -0.370 e. The highest BCUT2D eigenvalue weighted by Crippen LogP contribution is 2.24. The summed E-state index contributed by atoms with van der Waals surface area (Å²) in [6.07, 6.45) is 0. The molecule has 3 N–H and O–H groups in total. The second-order valence-corrected chi connectivity index (χ2v) is 5.26. The van der Waals surface area contributed by atoms with E-state index in [1.54, 1.807) is 6.07 Å². The third kappa shape index (κ3) is 3.31. The first-order valence-electron chi connectivity index (χ1n) is 6.36. The van der Waals surface area contributed by atoms with E-state index >= 15 is 0 Å². The zero-order chi connectivity index (χ0) is 14.7. The Morgan fingerprint density at radius 2 is 1.80 bits per heavy atom. The van der Waals surface area contributed by atoms with Crippen molar-refractivity contribution in [1.29, 1.82) is 0 Å². The van der Waals surface area contributed by atoms with E-state index in [1.165, 1.54) is 0 Å². The van der Waals surface area contributed by atoms with Gasteiger partial charge >= 0.3 is 0 Å². The Bertz CT molecular complexity index is 623. The number of nitrogens with one attached hydrogen (secondary N) is 1. The van der Waals surface area contributed by atoms with Gasteiger partial charge in [-0.05, 0) is 43.2 Å². The van der Waals surface area contributed by atoms with E-state index in [0.29, 0.717) is 5.02 Å². The number of halogens is 1. The molecule has 0 aliphatic rings. The van der Waals surface area contributed by atoms with Gasteiger partial charge in [0.05, 0.1) is 0 Å². The third-order valence-electron chi connectivity index (χ3n) is 3.18. The lowest BCUT2D eigenvalue weighted by molar-refractivity contribution is -0.118. The van der Waals surface area contributed by atoms with Crippen molar-refractivity contribution in [3.05, 3.63) is 64.2 Å². The number of amides is 1. The number of primary amides is 1. The van der Waals surface area contributed by atoms with Gasteiger partial charge in [0.1, 0.15) is 6.04 Å². The number of hydrogen-bond donors (Lipinski definition) is 2. The predicted molar refractivity (Wildman–Crippen MR) is 82.9 cm³/mol. The standard InChI is InChI=1S/C16H17ClN2O/c1-10-3-7-13(8-4-10)19-15(16(18)20)12-6-5-11(2)14(17)9-12/h3-9,15,19H,1-2H3,(H2,18,20). The summed E-state index contributed by atoms with van der Waals surface area (Å²) < 4.78 is 0. The Morgan fingerprint density at radius 1 is 1.15 bits per heavy atom. The number of anilines is 1. The SMILES string of the molecule is Cc1ccc(NC(C(N)=O)c2ccc(C)c(Cl)c2)cc1. The van der Waals surface area contributed by atoms with Crippen LogP contribution in [0.15, 0.2) is 42.5 Å². The number of aryl methyl sites for hydroxylation is 2. The molecule has 0 heterocycles. The van der Waals surface area contributed by atoms with E-state index in [2.05, 4.69) is 5.32 Å². The zero-order valence-corrected chi connectivity index (χ0v) is 12.2. The number of carbonyl (C=O) groups is 1. The molecule has 104 valence electrons. The molecule has 0 saturated heterocycles. The monoisotopic (exact) mass is 288 g/mol. The summed E-state index contributed by atoms with van der Waals surface area (Å²) in [5, 5.41) is 3.76. The maximum atomic E-state index is 11.7. The average molecular weight is 289 g/mol. The predicted octanol–water partition coefficient (Wildman–Crippen LogP) is 3.60. The molecular formula is C16H17ClN2O. The van der Waals surface area contributed by atoms with Crippen LogP contribution in [0.2, 0.25) is 5.02 Å². The molecule has 0 spiro atoms. The van der Waals surface area contributed by atoms with Gasteiger partial charge in [-0.3, -0.25) is 4.79 Å². The fraction of sp³-hybridized carbons (Fsp3) is 0.188. The molecular weight excluding hydrogens is 272 g/mol. The molecule has 0 aliphatic carbocycles. The lowest BCUT2D eigenvalue weighted by atomic mass is 10.0. The largest absolute Gasteiger partial charge is 0.370 e. The van der Waals surface area contributed by atoms with Gasteiger partial charge in [-0.1, -0.05) is 41.4 Å². The molecule has 1 unspecified atom stereocenters. The summed E-state index contributed by atoms with van der Waals surface area (Å²) in [5.74, 6) is -0.439. The molecule has 2 aromatic carbocycles. The normalized spacial score (nSPS) is 11.9. The van der Waals surface area contributed by atoms with Crippen LogP contribution in [-0.2, 0) is 4.79 Å². The lowest BCUT2D eigenvalue weighted by Crippen LogP contribution is -2.27. The van der Waals surface area contributed by atoms with Crippen molar-refractivity contribution >= 4 is 23.2 Å². The maximum Gasteiger partial charge on any atom is 0.244 e. The molecule has 2 rings (SSSR count). The molecule has 0 saturated carbocycles. The third-order valence-corrected chi connectivity index (χ3v) is 3.58. The number of rotatable bonds is 4. The molecule has 2 aromatic rings. The Balaban J connectivity index is 2.29. The van der Waals surface area contributed by atoms with Gasteiger partial charge in [0.2, 0.25) is 5.91 Å². The molecule has 1 amide bonds. The van der Waals surface area contributed by atoms with Crippen molar-refractivity contribution in [2.75, 3.05) is 5.32 Å². The quantitative estimate of drug-likeness (QED) is 0.903. The highest BCUT2D eigenvalue weighted by molar-refractivity contribution is 6.31. The molecule has 1 atom stereocenters. The minimum absolute atomic E-state index is 0.439. The maximum absolute atomic E-state index is 11.7. The summed E-state index contributed by atoms with van der Waals surface area (Å²) in [6.45, 7) is 3.92. The van der Waals surface area contributed by atoms with E-state index in [9.17, 15) is 4.79 Å². The van der Waals surface area contributed by atoms with E-state index in [0.717, 1.165) is 22.4 Å². The zero-order valence-electron chi connectivity index (χ0n) is 11.5. The van der Waals surface area contributed by atoms with Crippen LogP contribution in [0.4, 0.5) is 5.69 Å². The average Bonchev–Trinajstić information content (AvgIpc) is 2.41. The molecule has 0 aliphatic heterocycles. The molecule has 4 heteroatoms. The van der Waals surface area contributed by atoms with Gasteiger partial charge in [-0.2, -0.15) is 0 Å². The van der Waals surface area contributed by atoms with E-state index in [1.807, 2.05) is 50.2 Å². The number of carbonyl (C=O) groups excluding carboxylic acids is 1. The molecule has 0 fully saturated rings. The molecule has 0 radical (unpaired) electrons. The van der Waals surface area contributed by atoms with Crippen LogP contribution in [0, 0.1) is 13.8 Å². The molecule has 20 heavy (non-hydrogen) atoms. The summed E-state index contributed by atoms with van der Waals surface area (Å²) in [4.78, 5) is 11.7. The van der Waals surface area contributed by atoms with Crippen molar-refractivity contribution in [2.24, 2.45) is 5.73 Å². The topological polar surface area (TPSA) is 55.1 Å². The molecule has 3 nitrogen and oxygen atoms in total. The van der Waals surface area contributed by atoms with Gasteiger partial charge < -0.3 is 11.1 Å². The van der Waals surface area contributed by atoms with Crippen molar-refractivity contribution < 1.29 is 4.79 Å². The smallest absolute Gasteiger partial charge is 0.244 e. The van der Waals surface area contributed by atoms with Gasteiger partial charge in [0, 0.05) is 10.7 Å². The highest BCUT2D eigenvalue weighted by atomic mass is 35.5. The Morgan fingerprint density at radius 3 is 2.35 bits per heavy atom. The lowest BCUT2D eigenvalue weighted by Gasteiger charge is -2.18. The minimum atomic E-state index is -0.601. The van der Waals surface area contributed by atoms with Crippen LogP contribution in [0.1, 0.15) is 22.7 Å². The summed E-state index contributed by atoms with van der Waals surface area (Å²) in [5.41, 5.74) is 9.22. The van der Waals surface area contributed by atoms with Crippen LogP contribution in [0.25, 0.3) is 0 Å². The van der Waals surface area contributed by atoms with Gasteiger partial charge in [0.25, 0.3) is 0 Å². The summed E-state index contributed by atoms with van der Waals surface area (Å²) >= 11 is 6.11. The fourth-order valence-corrected chi connectivity index (χ4v) is 2.11. The Kier molecular flexibility index (Phi) is 4.30. The number of benzene rings is 2. The second-order valence-electron chi connectivity index (χ2n) is 4.85. The Hall–Kier alpha value is -2.00. The van der Waals surface area contributed by atoms with Crippen LogP contribution >= 0.6 is 11.6 Å². The Labute approximate surface area is 123 Å². The van der Waals surface area contributed by atoms with E-state index in [-0.39, 0.29) is 0 Å². The van der Waals surface area contributed by atoms with Crippen LogP contribution in [-0.4, -0.2) is 5.91 Å². The molecule has 0 aromatic heterocycles.